The van der Waals surface area contributed by atoms with Gasteiger partial charge in [-0.05, 0) is 6.07 Å². The summed E-state index contributed by atoms with van der Waals surface area (Å²) in [6, 6.07) is 4.24. The summed E-state index contributed by atoms with van der Waals surface area (Å²) in [4.78, 5) is 17.9. The summed E-state index contributed by atoms with van der Waals surface area (Å²) in [7, 11) is 0. The van der Waals surface area contributed by atoms with Crippen molar-refractivity contribution < 1.29 is 4.92 Å². The van der Waals surface area contributed by atoms with Crippen LogP contribution in [0, 0.1) is 10.1 Å². The average molecular weight is 265 g/mol. The first kappa shape index (κ1) is 12.3. The van der Waals surface area contributed by atoms with Crippen molar-refractivity contribution in [3.05, 3.63) is 57.6 Å². The molecule has 6 nitrogen and oxygen atoms in total. The van der Waals surface area contributed by atoms with Gasteiger partial charge in [0.2, 0.25) is 0 Å². The fourth-order valence-corrected chi connectivity index (χ4v) is 1.57. The Labute approximate surface area is 108 Å². The Kier molecular flexibility index (Phi) is 3.69. The second-order valence-corrected chi connectivity index (χ2v) is 3.93. The van der Waals surface area contributed by atoms with Gasteiger partial charge in [0.25, 0.3) is 5.69 Å². The third-order valence-electron chi connectivity index (χ3n) is 2.26. The first-order valence-electron chi connectivity index (χ1n) is 5.08. The van der Waals surface area contributed by atoms with Crippen LogP contribution in [0.2, 0.25) is 5.02 Å². The Hall–Kier alpha value is -2.21. The maximum Gasteiger partial charge on any atom is 0.271 e. The van der Waals surface area contributed by atoms with Gasteiger partial charge in [-0.15, -0.1) is 0 Å². The average Bonchev–Trinajstić information content (AvgIpc) is 2.38. The van der Waals surface area contributed by atoms with Gasteiger partial charge in [-0.25, -0.2) is 9.97 Å². The summed E-state index contributed by atoms with van der Waals surface area (Å²) in [6.45, 7) is 0.446. The molecule has 18 heavy (non-hydrogen) atoms. The molecule has 0 atom stereocenters. The third-order valence-corrected chi connectivity index (χ3v) is 2.59. The van der Waals surface area contributed by atoms with Gasteiger partial charge < -0.3 is 5.32 Å². The highest BCUT2D eigenvalue weighted by Gasteiger charge is 2.09. The minimum atomic E-state index is -0.465. The summed E-state index contributed by atoms with van der Waals surface area (Å²) in [5.74, 6) is 0. The highest BCUT2D eigenvalue weighted by Crippen LogP contribution is 2.26. The fourth-order valence-electron chi connectivity index (χ4n) is 1.38. The molecule has 2 rings (SSSR count). The van der Waals surface area contributed by atoms with E-state index in [1.54, 1.807) is 12.4 Å². The van der Waals surface area contributed by atoms with Gasteiger partial charge in [0.05, 0.1) is 15.6 Å². The molecule has 0 radical (unpaired) electrons. The molecule has 1 aromatic heterocycles. The quantitative estimate of drug-likeness (QED) is 0.678. The van der Waals surface area contributed by atoms with Gasteiger partial charge >= 0.3 is 0 Å². The first-order valence-corrected chi connectivity index (χ1v) is 5.46. The van der Waals surface area contributed by atoms with Gasteiger partial charge in [0.15, 0.2) is 0 Å². The molecule has 0 aliphatic rings. The molecule has 1 aromatic carbocycles. The number of benzene rings is 1. The van der Waals surface area contributed by atoms with Gasteiger partial charge in [0.1, 0.15) is 6.33 Å². The number of nitro groups is 1. The number of nitrogens with one attached hydrogen (secondary N) is 1. The number of nitrogens with zero attached hydrogens (tertiary/aromatic N) is 3. The number of hydrogen-bond acceptors (Lipinski definition) is 5. The molecule has 92 valence electrons. The fraction of sp³-hybridized carbons (Fsp3) is 0.0909. The van der Waals surface area contributed by atoms with Gasteiger partial charge in [0, 0.05) is 36.6 Å². The van der Waals surface area contributed by atoms with E-state index in [9.17, 15) is 10.1 Å². The molecule has 7 heteroatoms. The minimum absolute atomic E-state index is 0.00814. The van der Waals surface area contributed by atoms with Crippen molar-refractivity contribution in [2.75, 3.05) is 5.32 Å². The topological polar surface area (TPSA) is 81.0 Å². The zero-order valence-corrected chi connectivity index (χ0v) is 9.96. The molecule has 0 unspecified atom stereocenters. The first-order chi connectivity index (χ1) is 8.66. The predicted molar refractivity (Wildman–Crippen MR) is 67.5 cm³/mol. The van der Waals surface area contributed by atoms with E-state index in [0.717, 1.165) is 5.56 Å². The number of nitro benzene ring substituents is 1. The molecule has 0 fully saturated rings. The van der Waals surface area contributed by atoms with Gasteiger partial charge in [-0.3, -0.25) is 10.1 Å². The molecule has 0 spiro atoms. The molecule has 1 N–H and O–H groups in total. The molecule has 0 aliphatic heterocycles. The molecule has 0 amide bonds. The van der Waals surface area contributed by atoms with Crippen molar-refractivity contribution >= 4 is 23.0 Å². The van der Waals surface area contributed by atoms with E-state index < -0.39 is 4.92 Å². The molecule has 1 heterocycles. The maximum absolute atomic E-state index is 10.7. The standard InChI is InChI=1S/C11H9ClN4O2/c12-10-2-1-9(16(17)18)3-11(10)15-6-8-4-13-7-14-5-8/h1-5,7,15H,6H2. The van der Waals surface area contributed by atoms with Gasteiger partial charge in [-0.1, -0.05) is 11.6 Å². The lowest BCUT2D eigenvalue weighted by Gasteiger charge is -2.07. The van der Waals surface area contributed by atoms with E-state index in [1.807, 2.05) is 0 Å². The van der Waals surface area contributed by atoms with Crippen LogP contribution in [0.3, 0.4) is 0 Å². The highest BCUT2D eigenvalue weighted by molar-refractivity contribution is 6.33. The lowest BCUT2D eigenvalue weighted by molar-refractivity contribution is -0.384. The zero-order valence-electron chi connectivity index (χ0n) is 9.21. The summed E-state index contributed by atoms with van der Waals surface area (Å²) < 4.78 is 0. The van der Waals surface area contributed by atoms with Crippen LogP contribution in [0.1, 0.15) is 5.56 Å². The number of rotatable bonds is 4. The maximum atomic E-state index is 10.7. The van der Waals surface area contributed by atoms with Crippen molar-refractivity contribution in [2.45, 2.75) is 6.54 Å². The molecule has 0 bridgehead atoms. The van der Waals surface area contributed by atoms with Crippen LogP contribution in [0.25, 0.3) is 0 Å². The third kappa shape index (κ3) is 2.92. The summed E-state index contributed by atoms with van der Waals surface area (Å²) in [5.41, 5.74) is 1.36. The second-order valence-electron chi connectivity index (χ2n) is 3.52. The normalized spacial score (nSPS) is 10.1. The lowest BCUT2D eigenvalue weighted by Crippen LogP contribution is -2.01. The highest BCUT2D eigenvalue weighted by atomic mass is 35.5. The summed E-state index contributed by atoms with van der Waals surface area (Å²) in [5, 5.41) is 14.1. The van der Waals surface area contributed by atoms with Crippen molar-refractivity contribution in [3.8, 4) is 0 Å². The Balaban J connectivity index is 2.14. The number of hydrogen-bond donors (Lipinski definition) is 1. The predicted octanol–water partition coefficient (Wildman–Crippen LogP) is 2.65. The Bertz CT molecular complexity index is 562. The van der Waals surface area contributed by atoms with Crippen molar-refractivity contribution in [1.82, 2.24) is 9.97 Å². The molecular formula is C11H9ClN4O2. The second kappa shape index (κ2) is 5.42. The smallest absolute Gasteiger partial charge is 0.271 e. The van der Waals surface area contributed by atoms with Crippen molar-refractivity contribution in [1.29, 1.82) is 0 Å². The molecular weight excluding hydrogens is 256 g/mol. The SMILES string of the molecule is O=[N+]([O-])c1ccc(Cl)c(NCc2cncnc2)c1. The van der Waals surface area contributed by atoms with E-state index in [-0.39, 0.29) is 5.69 Å². The monoisotopic (exact) mass is 264 g/mol. The van der Waals surface area contributed by atoms with Gasteiger partial charge in [-0.2, -0.15) is 0 Å². The Morgan fingerprint density at radius 1 is 1.33 bits per heavy atom. The molecule has 2 aromatic rings. The van der Waals surface area contributed by atoms with Crippen molar-refractivity contribution in [2.24, 2.45) is 0 Å². The summed E-state index contributed by atoms with van der Waals surface area (Å²) >= 11 is 5.95. The van der Waals surface area contributed by atoms with Crippen LogP contribution in [0.5, 0.6) is 0 Å². The molecule has 0 aliphatic carbocycles. The zero-order chi connectivity index (χ0) is 13.0. The van der Waals surface area contributed by atoms with Crippen molar-refractivity contribution in [3.63, 3.8) is 0 Å². The minimum Gasteiger partial charge on any atom is -0.379 e. The number of non-ortho nitro benzene ring substituents is 1. The largest absolute Gasteiger partial charge is 0.379 e. The Morgan fingerprint density at radius 3 is 2.72 bits per heavy atom. The Morgan fingerprint density at radius 2 is 2.06 bits per heavy atom. The number of aromatic nitrogens is 2. The number of anilines is 1. The van der Waals surface area contributed by atoms with E-state index in [1.165, 1.54) is 24.5 Å². The van der Waals surface area contributed by atoms with Crippen LogP contribution < -0.4 is 5.32 Å². The lowest BCUT2D eigenvalue weighted by atomic mass is 10.2. The van der Waals surface area contributed by atoms with Crippen LogP contribution >= 0.6 is 11.6 Å². The summed E-state index contributed by atoms with van der Waals surface area (Å²) in [6.07, 6.45) is 4.75. The van der Waals surface area contributed by atoms with E-state index in [2.05, 4.69) is 15.3 Å². The van der Waals surface area contributed by atoms with Crippen LogP contribution in [-0.2, 0) is 6.54 Å². The van der Waals surface area contributed by atoms with Crippen LogP contribution in [0.4, 0.5) is 11.4 Å². The van der Waals surface area contributed by atoms with Crippen LogP contribution in [-0.4, -0.2) is 14.9 Å². The van der Waals surface area contributed by atoms with E-state index in [4.69, 9.17) is 11.6 Å². The van der Waals surface area contributed by atoms with Crippen LogP contribution in [0.15, 0.2) is 36.9 Å². The van der Waals surface area contributed by atoms with E-state index in [0.29, 0.717) is 17.3 Å². The van der Waals surface area contributed by atoms with E-state index >= 15 is 0 Å². The molecule has 0 saturated heterocycles. The number of halogens is 1. The molecule has 0 saturated carbocycles.